The Morgan fingerprint density at radius 1 is 1.43 bits per heavy atom. The lowest BCUT2D eigenvalue weighted by Crippen LogP contribution is -2.43. The molecule has 1 aromatic carbocycles. The van der Waals surface area contributed by atoms with Crippen LogP contribution >= 0.6 is 27.7 Å². The van der Waals surface area contributed by atoms with Crippen LogP contribution < -0.4 is 5.32 Å². The van der Waals surface area contributed by atoms with Crippen LogP contribution in [0.5, 0.6) is 0 Å². The average molecular weight is 369 g/mol. The minimum atomic E-state index is 0.147. The van der Waals surface area contributed by atoms with E-state index in [2.05, 4.69) is 39.4 Å². The van der Waals surface area contributed by atoms with Gasteiger partial charge in [0, 0.05) is 28.7 Å². The van der Waals surface area contributed by atoms with Gasteiger partial charge < -0.3 is 10.2 Å². The molecular formula is C16H21BrN2OS. The van der Waals surface area contributed by atoms with Crippen LogP contribution in [0.1, 0.15) is 30.9 Å². The molecule has 2 aliphatic rings. The average Bonchev–Trinajstić information content (AvgIpc) is 2.53. The maximum atomic E-state index is 12.8. The highest BCUT2D eigenvalue weighted by molar-refractivity contribution is 9.10. The summed E-state index contributed by atoms with van der Waals surface area (Å²) < 4.78 is 1.09. The Kier molecular flexibility index (Phi) is 4.92. The number of hydrogen-bond donors (Lipinski definition) is 1. The van der Waals surface area contributed by atoms with Crippen molar-refractivity contribution in [2.24, 2.45) is 5.92 Å². The summed E-state index contributed by atoms with van der Waals surface area (Å²) in [5.41, 5.74) is 1.29. The Balaban J connectivity index is 1.80. The van der Waals surface area contributed by atoms with Crippen LogP contribution in [0.4, 0.5) is 0 Å². The van der Waals surface area contributed by atoms with E-state index in [0.29, 0.717) is 5.91 Å². The normalized spacial score (nSPS) is 25.2. The first-order chi connectivity index (χ1) is 10.2. The minimum Gasteiger partial charge on any atom is -0.338 e. The molecule has 0 bridgehead atoms. The van der Waals surface area contributed by atoms with Crippen molar-refractivity contribution in [2.45, 2.75) is 30.2 Å². The van der Waals surface area contributed by atoms with Crippen molar-refractivity contribution in [3.8, 4) is 0 Å². The van der Waals surface area contributed by atoms with E-state index >= 15 is 0 Å². The fourth-order valence-electron chi connectivity index (χ4n) is 3.25. The van der Waals surface area contributed by atoms with Crippen LogP contribution in [-0.2, 0) is 4.79 Å². The molecule has 5 heteroatoms. The van der Waals surface area contributed by atoms with Crippen LogP contribution in [0.15, 0.2) is 27.6 Å². The zero-order valence-electron chi connectivity index (χ0n) is 12.3. The van der Waals surface area contributed by atoms with E-state index in [-0.39, 0.29) is 12.0 Å². The molecule has 0 saturated carbocycles. The third-order valence-electron chi connectivity index (χ3n) is 4.44. The molecule has 1 aromatic rings. The third kappa shape index (κ3) is 3.30. The SMILES string of the molecule is CN(C(=O)[C@@H]1CCCNC1)C1CCSc2ccc(Br)cc21. The number of nitrogens with one attached hydrogen (secondary N) is 1. The number of piperidine rings is 1. The minimum absolute atomic E-state index is 0.147. The molecule has 0 radical (unpaired) electrons. The summed E-state index contributed by atoms with van der Waals surface area (Å²) in [7, 11) is 1.97. The van der Waals surface area contributed by atoms with Gasteiger partial charge in [-0.15, -0.1) is 11.8 Å². The molecule has 1 fully saturated rings. The second-order valence-corrected chi connectivity index (χ2v) is 7.88. The van der Waals surface area contributed by atoms with Gasteiger partial charge in [-0.2, -0.15) is 0 Å². The van der Waals surface area contributed by atoms with E-state index in [1.54, 1.807) is 0 Å². The highest BCUT2D eigenvalue weighted by atomic mass is 79.9. The van der Waals surface area contributed by atoms with Gasteiger partial charge in [0.05, 0.1) is 12.0 Å². The van der Waals surface area contributed by atoms with Gasteiger partial charge in [-0.3, -0.25) is 4.79 Å². The van der Waals surface area contributed by atoms with E-state index < -0.39 is 0 Å². The molecule has 1 unspecified atom stereocenters. The van der Waals surface area contributed by atoms with Crippen molar-refractivity contribution in [2.75, 3.05) is 25.9 Å². The first-order valence-electron chi connectivity index (χ1n) is 7.56. The number of carbonyl (C=O) groups is 1. The molecule has 3 rings (SSSR count). The summed E-state index contributed by atoms with van der Waals surface area (Å²) in [6, 6.07) is 6.64. The van der Waals surface area contributed by atoms with Gasteiger partial charge in [-0.1, -0.05) is 15.9 Å². The van der Waals surface area contributed by atoms with Crippen LogP contribution in [0.3, 0.4) is 0 Å². The van der Waals surface area contributed by atoms with Gasteiger partial charge in [-0.05, 0) is 49.6 Å². The number of hydrogen-bond acceptors (Lipinski definition) is 3. The van der Waals surface area contributed by atoms with Crippen molar-refractivity contribution in [3.63, 3.8) is 0 Å². The Bertz CT molecular complexity index is 531. The van der Waals surface area contributed by atoms with Crippen molar-refractivity contribution >= 4 is 33.6 Å². The second-order valence-electron chi connectivity index (χ2n) is 5.83. The third-order valence-corrected chi connectivity index (χ3v) is 6.06. The van der Waals surface area contributed by atoms with E-state index in [4.69, 9.17) is 0 Å². The molecule has 1 saturated heterocycles. The lowest BCUT2D eigenvalue weighted by Gasteiger charge is -2.36. The van der Waals surface area contributed by atoms with Crippen LogP contribution in [0.25, 0.3) is 0 Å². The summed E-state index contributed by atoms with van der Waals surface area (Å²) in [6.45, 7) is 1.87. The second kappa shape index (κ2) is 6.71. The van der Waals surface area contributed by atoms with E-state index in [0.717, 1.165) is 42.6 Å². The first-order valence-corrected chi connectivity index (χ1v) is 9.34. The summed E-state index contributed by atoms with van der Waals surface area (Å²) >= 11 is 5.45. The summed E-state index contributed by atoms with van der Waals surface area (Å²) in [5, 5.41) is 3.34. The smallest absolute Gasteiger partial charge is 0.227 e. The topological polar surface area (TPSA) is 32.3 Å². The van der Waals surface area contributed by atoms with Crippen LogP contribution in [-0.4, -0.2) is 36.7 Å². The molecule has 0 spiro atoms. The zero-order valence-corrected chi connectivity index (χ0v) is 14.7. The quantitative estimate of drug-likeness (QED) is 0.867. The van der Waals surface area contributed by atoms with E-state index in [9.17, 15) is 4.79 Å². The van der Waals surface area contributed by atoms with Gasteiger partial charge in [-0.25, -0.2) is 0 Å². The van der Waals surface area contributed by atoms with Crippen molar-refractivity contribution < 1.29 is 4.79 Å². The standard InChI is InChI=1S/C16H21BrN2OS/c1-19(16(20)11-3-2-7-18-10-11)14-6-8-21-15-5-4-12(17)9-13(14)15/h4-5,9,11,14,18H,2-3,6-8,10H2,1H3/t11-,14?/m1/s1. The van der Waals surface area contributed by atoms with Crippen LogP contribution in [0.2, 0.25) is 0 Å². The molecule has 1 N–H and O–H groups in total. The Hall–Kier alpha value is -0.520. The first kappa shape index (κ1) is 15.4. The van der Waals surface area contributed by atoms with E-state index in [1.807, 2.05) is 23.7 Å². The zero-order chi connectivity index (χ0) is 14.8. The Morgan fingerprint density at radius 3 is 3.05 bits per heavy atom. The lowest BCUT2D eigenvalue weighted by molar-refractivity contribution is -0.137. The van der Waals surface area contributed by atoms with E-state index in [1.165, 1.54) is 10.5 Å². The van der Waals surface area contributed by atoms with Gasteiger partial charge in [0.2, 0.25) is 5.91 Å². The summed E-state index contributed by atoms with van der Waals surface area (Å²) in [4.78, 5) is 16.1. The molecule has 2 aliphatic heterocycles. The maximum absolute atomic E-state index is 12.8. The molecule has 2 atom stereocenters. The molecular weight excluding hydrogens is 348 g/mol. The number of fused-ring (bicyclic) bond motifs is 1. The summed E-state index contributed by atoms with van der Waals surface area (Å²) in [6.07, 6.45) is 3.16. The predicted octanol–water partition coefficient (Wildman–Crippen LogP) is 3.44. The molecule has 114 valence electrons. The number of rotatable bonds is 2. The molecule has 21 heavy (non-hydrogen) atoms. The van der Waals surface area contributed by atoms with Gasteiger partial charge >= 0.3 is 0 Å². The maximum Gasteiger partial charge on any atom is 0.227 e. The number of thioether (sulfide) groups is 1. The van der Waals surface area contributed by atoms with Crippen LogP contribution in [0, 0.1) is 5.92 Å². The van der Waals surface area contributed by atoms with Crippen molar-refractivity contribution in [1.29, 1.82) is 0 Å². The number of carbonyl (C=O) groups excluding carboxylic acids is 1. The van der Waals surface area contributed by atoms with Crippen molar-refractivity contribution in [3.05, 3.63) is 28.2 Å². The number of amides is 1. The van der Waals surface area contributed by atoms with Crippen molar-refractivity contribution in [1.82, 2.24) is 10.2 Å². The molecule has 3 nitrogen and oxygen atoms in total. The fraction of sp³-hybridized carbons (Fsp3) is 0.562. The van der Waals surface area contributed by atoms with Gasteiger partial charge in [0.1, 0.15) is 0 Å². The highest BCUT2D eigenvalue weighted by Gasteiger charge is 2.31. The molecule has 1 amide bonds. The molecule has 2 heterocycles. The Morgan fingerprint density at radius 2 is 2.29 bits per heavy atom. The lowest BCUT2D eigenvalue weighted by atomic mass is 9.95. The van der Waals surface area contributed by atoms with Gasteiger partial charge in [0.15, 0.2) is 0 Å². The fourth-order valence-corrected chi connectivity index (χ4v) is 4.72. The van der Waals surface area contributed by atoms with Gasteiger partial charge in [0.25, 0.3) is 0 Å². The number of nitrogens with zero attached hydrogens (tertiary/aromatic N) is 1. The largest absolute Gasteiger partial charge is 0.338 e. The number of benzene rings is 1. The number of halogens is 1. The molecule has 0 aliphatic carbocycles. The predicted molar refractivity (Wildman–Crippen MR) is 90.6 cm³/mol. The molecule has 0 aromatic heterocycles. The monoisotopic (exact) mass is 368 g/mol. The summed E-state index contributed by atoms with van der Waals surface area (Å²) in [5.74, 6) is 1.53. The Labute approximate surface area is 139 Å². The highest BCUT2D eigenvalue weighted by Crippen LogP contribution is 2.40.